The minimum Gasteiger partial charge on any atom is -0.326 e. The van der Waals surface area contributed by atoms with Gasteiger partial charge in [-0.05, 0) is 46.9 Å². The van der Waals surface area contributed by atoms with E-state index in [-0.39, 0.29) is 11.3 Å². The normalized spacial score (nSPS) is 11.4. The number of amides is 1. The standard InChI is InChI=1S/C23H31NO/c1-6-18-9-8-10-19(7-2)22(18)24-21(25)16-13-17-11-14-20(15-12-17)23(3,4)5/h8-12,14-15H,6-7,13,16H2,1-5H3,(H,24,25). The van der Waals surface area contributed by atoms with Crippen molar-refractivity contribution in [3.8, 4) is 0 Å². The summed E-state index contributed by atoms with van der Waals surface area (Å²) in [5, 5.41) is 3.15. The number of aryl methyl sites for hydroxylation is 3. The molecule has 0 atom stereocenters. The lowest BCUT2D eigenvalue weighted by Crippen LogP contribution is -2.15. The molecule has 0 radical (unpaired) electrons. The van der Waals surface area contributed by atoms with Gasteiger partial charge in [-0.3, -0.25) is 4.79 Å². The van der Waals surface area contributed by atoms with E-state index in [4.69, 9.17) is 0 Å². The summed E-state index contributed by atoms with van der Waals surface area (Å²) in [5.74, 6) is 0.0931. The van der Waals surface area contributed by atoms with Crippen LogP contribution in [0.25, 0.3) is 0 Å². The summed E-state index contributed by atoms with van der Waals surface area (Å²) in [7, 11) is 0. The van der Waals surface area contributed by atoms with E-state index >= 15 is 0 Å². The molecule has 0 saturated carbocycles. The van der Waals surface area contributed by atoms with Crippen molar-refractivity contribution in [2.75, 3.05) is 5.32 Å². The number of anilines is 1. The summed E-state index contributed by atoms with van der Waals surface area (Å²) < 4.78 is 0. The molecule has 134 valence electrons. The van der Waals surface area contributed by atoms with Crippen LogP contribution in [-0.2, 0) is 29.5 Å². The van der Waals surface area contributed by atoms with Gasteiger partial charge in [0.05, 0.1) is 0 Å². The van der Waals surface area contributed by atoms with Crippen molar-refractivity contribution in [2.24, 2.45) is 0 Å². The average molecular weight is 338 g/mol. The molecule has 0 spiro atoms. The molecule has 1 N–H and O–H groups in total. The average Bonchev–Trinajstić information content (AvgIpc) is 2.59. The molecule has 0 aliphatic carbocycles. The van der Waals surface area contributed by atoms with Crippen LogP contribution >= 0.6 is 0 Å². The molecule has 2 heteroatoms. The van der Waals surface area contributed by atoms with Crippen LogP contribution in [0, 0.1) is 0 Å². The summed E-state index contributed by atoms with van der Waals surface area (Å²) in [5.41, 5.74) is 6.13. The number of rotatable bonds is 6. The van der Waals surface area contributed by atoms with Crippen LogP contribution in [0.15, 0.2) is 42.5 Å². The summed E-state index contributed by atoms with van der Waals surface area (Å²) in [6.45, 7) is 10.9. The Bertz CT molecular complexity index is 686. The number of carbonyl (C=O) groups is 1. The van der Waals surface area contributed by atoms with Gasteiger partial charge in [0.15, 0.2) is 0 Å². The first-order valence-corrected chi connectivity index (χ1v) is 9.35. The smallest absolute Gasteiger partial charge is 0.224 e. The highest BCUT2D eigenvalue weighted by atomic mass is 16.1. The van der Waals surface area contributed by atoms with E-state index in [1.165, 1.54) is 22.3 Å². The fourth-order valence-corrected chi connectivity index (χ4v) is 3.03. The van der Waals surface area contributed by atoms with Gasteiger partial charge in [-0.15, -0.1) is 0 Å². The maximum Gasteiger partial charge on any atom is 0.224 e. The highest BCUT2D eigenvalue weighted by Gasteiger charge is 2.13. The SMILES string of the molecule is CCc1cccc(CC)c1NC(=O)CCc1ccc(C(C)(C)C)cc1. The van der Waals surface area contributed by atoms with Gasteiger partial charge in [0.1, 0.15) is 0 Å². The largest absolute Gasteiger partial charge is 0.326 e. The second-order valence-corrected chi connectivity index (χ2v) is 7.65. The van der Waals surface area contributed by atoms with E-state index < -0.39 is 0 Å². The highest BCUT2D eigenvalue weighted by Crippen LogP contribution is 2.24. The first-order valence-electron chi connectivity index (χ1n) is 9.35. The third-order valence-electron chi connectivity index (χ3n) is 4.72. The van der Waals surface area contributed by atoms with E-state index in [0.717, 1.165) is 24.9 Å². The fourth-order valence-electron chi connectivity index (χ4n) is 3.03. The number of carbonyl (C=O) groups excluding carboxylic acids is 1. The van der Waals surface area contributed by atoms with Gasteiger partial charge in [0.25, 0.3) is 0 Å². The van der Waals surface area contributed by atoms with Crippen molar-refractivity contribution >= 4 is 11.6 Å². The predicted octanol–water partition coefficient (Wildman–Crippen LogP) is 5.68. The molecule has 0 unspecified atom stereocenters. The first kappa shape index (κ1) is 19.2. The summed E-state index contributed by atoms with van der Waals surface area (Å²) in [6, 6.07) is 14.9. The van der Waals surface area contributed by atoms with E-state index in [1.54, 1.807) is 0 Å². The third-order valence-corrected chi connectivity index (χ3v) is 4.72. The number of hydrogen-bond acceptors (Lipinski definition) is 1. The molecule has 0 heterocycles. The third kappa shape index (κ3) is 5.19. The minimum absolute atomic E-state index is 0.0931. The van der Waals surface area contributed by atoms with Gasteiger partial charge >= 0.3 is 0 Å². The molecule has 0 fully saturated rings. The second-order valence-electron chi connectivity index (χ2n) is 7.65. The fraction of sp³-hybridized carbons (Fsp3) is 0.435. The van der Waals surface area contributed by atoms with Gasteiger partial charge in [0.2, 0.25) is 5.91 Å². The molecule has 2 rings (SSSR count). The highest BCUT2D eigenvalue weighted by molar-refractivity contribution is 5.92. The van der Waals surface area contributed by atoms with Gasteiger partial charge in [0, 0.05) is 12.1 Å². The van der Waals surface area contributed by atoms with Gasteiger partial charge < -0.3 is 5.32 Å². The van der Waals surface area contributed by atoms with Crippen LogP contribution in [-0.4, -0.2) is 5.91 Å². The van der Waals surface area contributed by atoms with E-state index in [1.807, 2.05) is 0 Å². The number of benzene rings is 2. The number of nitrogens with one attached hydrogen (secondary N) is 1. The lowest BCUT2D eigenvalue weighted by molar-refractivity contribution is -0.116. The van der Waals surface area contributed by atoms with Gasteiger partial charge in [-0.2, -0.15) is 0 Å². The Balaban J connectivity index is 2.00. The zero-order valence-electron chi connectivity index (χ0n) is 16.3. The zero-order valence-corrected chi connectivity index (χ0v) is 16.3. The van der Waals surface area contributed by atoms with E-state index in [0.29, 0.717) is 6.42 Å². The maximum atomic E-state index is 12.4. The van der Waals surface area contributed by atoms with Crippen molar-refractivity contribution in [3.05, 3.63) is 64.7 Å². The monoisotopic (exact) mass is 337 g/mol. The molecule has 2 nitrogen and oxygen atoms in total. The lowest BCUT2D eigenvalue weighted by atomic mass is 9.86. The maximum absolute atomic E-state index is 12.4. The van der Waals surface area contributed by atoms with Crippen LogP contribution in [0.2, 0.25) is 0 Å². The Labute approximate surface area is 152 Å². The van der Waals surface area contributed by atoms with Crippen molar-refractivity contribution in [3.63, 3.8) is 0 Å². The quantitative estimate of drug-likeness (QED) is 0.722. The summed E-state index contributed by atoms with van der Waals surface area (Å²) >= 11 is 0. The number of hydrogen-bond donors (Lipinski definition) is 1. The van der Waals surface area contributed by atoms with E-state index in [9.17, 15) is 4.79 Å². The Morgan fingerprint density at radius 3 is 1.96 bits per heavy atom. The molecule has 25 heavy (non-hydrogen) atoms. The molecule has 0 aromatic heterocycles. The Morgan fingerprint density at radius 2 is 1.48 bits per heavy atom. The molecule has 2 aromatic rings. The molecule has 0 aliphatic heterocycles. The van der Waals surface area contributed by atoms with Crippen molar-refractivity contribution < 1.29 is 4.79 Å². The Hall–Kier alpha value is -2.09. The van der Waals surface area contributed by atoms with Crippen molar-refractivity contribution in [1.82, 2.24) is 0 Å². The van der Waals surface area contributed by atoms with Crippen molar-refractivity contribution in [1.29, 1.82) is 0 Å². The zero-order chi connectivity index (χ0) is 18.4. The molecular formula is C23H31NO. The Morgan fingerprint density at radius 1 is 0.920 bits per heavy atom. The van der Waals surface area contributed by atoms with Crippen LogP contribution in [0.5, 0.6) is 0 Å². The summed E-state index contributed by atoms with van der Waals surface area (Å²) in [4.78, 5) is 12.4. The van der Waals surface area contributed by atoms with Crippen LogP contribution in [0.3, 0.4) is 0 Å². The molecule has 1 amide bonds. The number of para-hydroxylation sites is 1. The summed E-state index contributed by atoms with van der Waals surface area (Å²) in [6.07, 6.45) is 3.14. The molecule has 0 aliphatic rings. The molecule has 0 bridgehead atoms. The van der Waals surface area contributed by atoms with Crippen LogP contribution in [0.1, 0.15) is 63.3 Å². The van der Waals surface area contributed by atoms with Crippen LogP contribution < -0.4 is 5.32 Å². The predicted molar refractivity (Wildman–Crippen MR) is 107 cm³/mol. The molecular weight excluding hydrogens is 306 g/mol. The topological polar surface area (TPSA) is 29.1 Å². The van der Waals surface area contributed by atoms with E-state index in [2.05, 4.69) is 82.4 Å². The molecule has 2 aromatic carbocycles. The van der Waals surface area contributed by atoms with Gasteiger partial charge in [-0.1, -0.05) is 77.1 Å². The lowest BCUT2D eigenvalue weighted by Gasteiger charge is -2.19. The van der Waals surface area contributed by atoms with Crippen molar-refractivity contribution in [2.45, 2.75) is 65.7 Å². The van der Waals surface area contributed by atoms with Gasteiger partial charge in [-0.25, -0.2) is 0 Å². The minimum atomic E-state index is 0.0931. The second kappa shape index (κ2) is 8.33. The molecule has 0 saturated heterocycles. The first-order chi connectivity index (χ1) is 11.8. The Kier molecular flexibility index (Phi) is 6.41. The van der Waals surface area contributed by atoms with Crippen LogP contribution in [0.4, 0.5) is 5.69 Å².